The largest absolute Gasteiger partial charge is 0.420 e. The molecule has 0 spiro atoms. The second-order valence-electron chi connectivity index (χ2n) is 4.85. The molecule has 0 unspecified atom stereocenters. The summed E-state index contributed by atoms with van der Waals surface area (Å²) in [5, 5.41) is 3.77. The van der Waals surface area contributed by atoms with Crippen LogP contribution in [0.4, 0.5) is 14.5 Å². The van der Waals surface area contributed by atoms with Gasteiger partial charge in [0, 0.05) is 20.1 Å². The zero-order chi connectivity index (χ0) is 18.4. The molecule has 4 rings (SSSR count). The van der Waals surface area contributed by atoms with Crippen LogP contribution in [0.3, 0.4) is 0 Å². The number of nitrogens with zero attached hydrogens (tertiary/aromatic N) is 7. The van der Waals surface area contributed by atoms with E-state index in [2.05, 4.69) is 43.2 Å². The van der Waals surface area contributed by atoms with Gasteiger partial charge in [-0.3, -0.25) is 18.7 Å². The summed E-state index contributed by atoms with van der Waals surface area (Å²) in [5.41, 5.74) is 0.826. The second-order valence-corrected chi connectivity index (χ2v) is 4.85. The Hall–Kier alpha value is -3.06. The molecule has 1 aliphatic rings. The molecule has 0 saturated heterocycles. The Labute approximate surface area is 166 Å². The van der Waals surface area contributed by atoms with E-state index in [0.717, 1.165) is 16.3 Å². The van der Waals surface area contributed by atoms with E-state index in [4.69, 9.17) is 0 Å². The molecule has 7 nitrogen and oxygen atoms in total. The quantitative estimate of drug-likeness (QED) is 0.282. The average molecular weight is 544 g/mol. The van der Waals surface area contributed by atoms with Gasteiger partial charge in [-0.2, -0.15) is 0 Å². The summed E-state index contributed by atoms with van der Waals surface area (Å²) in [6, 6.07) is 16.6. The molecule has 0 N–H and O–H groups in total. The van der Waals surface area contributed by atoms with Crippen LogP contribution in [0.1, 0.15) is 0 Å². The first-order valence-electron chi connectivity index (χ1n) is 7.29. The molecule has 0 atom stereocenters. The van der Waals surface area contributed by atoms with Gasteiger partial charge in [0.25, 0.3) is 0 Å². The van der Waals surface area contributed by atoms with Gasteiger partial charge < -0.3 is 4.98 Å². The van der Waals surface area contributed by atoms with Crippen LogP contribution < -0.4 is 0 Å². The fourth-order valence-corrected chi connectivity index (χ4v) is 1.86. The van der Waals surface area contributed by atoms with Crippen molar-refractivity contribution in [2.45, 2.75) is 0 Å². The third-order valence-corrected chi connectivity index (χ3v) is 2.98. The Bertz CT molecular complexity index is 967. The first-order chi connectivity index (χ1) is 12.6. The van der Waals surface area contributed by atoms with Gasteiger partial charge in [0.2, 0.25) is 5.10 Å². The van der Waals surface area contributed by atoms with Gasteiger partial charge >= 0.3 is 12.3 Å². The summed E-state index contributed by atoms with van der Waals surface area (Å²) in [6.07, 6.45) is 4.38. The maximum absolute atomic E-state index is 13.1. The SMILES string of the molecule is C[N+]1=C=[N+](c2[c-]cc(F)nc2F)N=C1.[Ir].[c-]1ccccc1-c1ncncn1. The Morgan fingerprint density at radius 1 is 1.11 bits per heavy atom. The van der Waals surface area contributed by atoms with Crippen molar-refractivity contribution >= 4 is 18.0 Å². The van der Waals surface area contributed by atoms with Crippen molar-refractivity contribution < 1.29 is 38.1 Å². The Kier molecular flexibility index (Phi) is 7.19. The van der Waals surface area contributed by atoms with Gasteiger partial charge in [-0.05, 0) is 0 Å². The molecule has 0 bridgehead atoms. The summed E-state index contributed by atoms with van der Waals surface area (Å²) >= 11 is 0. The van der Waals surface area contributed by atoms with E-state index < -0.39 is 11.9 Å². The monoisotopic (exact) mass is 544 g/mol. The predicted molar refractivity (Wildman–Crippen MR) is 86.7 cm³/mol. The molecule has 27 heavy (non-hydrogen) atoms. The Balaban J connectivity index is 0.000000189. The minimum absolute atomic E-state index is 0. The fourth-order valence-electron chi connectivity index (χ4n) is 1.86. The number of benzene rings is 1. The molecule has 1 aliphatic heterocycles. The number of hydrazone groups is 1. The van der Waals surface area contributed by atoms with E-state index >= 15 is 0 Å². The third-order valence-electron chi connectivity index (χ3n) is 2.98. The van der Waals surface area contributed by atoms with Crippen molar-refractivity contribution in [2.24, 2.45) is 5.10 Å². The summed E-state index contributed by atoms with van der Waals surface area (Å²) in [4.78, 5) is 14.7. The van der Waals surface area contributed by atoms with Crippen molar-refractivity contribution in [1.29, 1.82) is 0 Å². The van der Waals surface area contributed by atoms with E-state index in [0.29, 0.717) is 5.82 Å². The van der Waals surface area contributed by atoms with Crippen LogP contribution in [0, 0.1) is 24.0 Å². The van der Waals surface area contributed by atoms with Gasteiger partial charge in [-0.1, -0.05) is 0 Å². The van der Waals surface area contributed by atoms with E-state index in [1.807, 2.05) is 24.3 Å². The standard InChI is InChI=1S/C9H6N3.C8H5F2N4.Ir/c1-2-4-8(5-3-1)9-11-6-10-7-12-9;1-13-4-11-14(5-13)6-2-3-7(9)12-8(6)10;/h1-4,6-7H;3-4H,1H3;/q-1;+1;. The first kappa shape index (κ1) is 20.3. The normalized spacial score (nSPS) is 11.7. The first-order valence-corrected chi connectivity index (χ1v) is 7.29. The van der Waals surface area contributed by atoms with Crippen LogP contribution in [0.5, 0.6) is 0 Å². The predicted octanol–water partition coefficient (Wildman–Crippen LogP) is 1.91. The van der Waals surface area contributed by atoms with Crippen LogP contribution >= 0.6 is 0 Å². The molecule has 0 aliphatic carbocycles. The molecule has 0 fully saturated rings. The van der Waals surface area contributed by atoms with Crippen LogP contribution in [-0.2, 0) is 20.1 Å². The van der Waals surface area contributed by atoms with Crippen LogP contribution in [0.15, 0.2) is 48.1 Å². The second kappa shape index (κ2) is 9.59. The summed E-state index contributed by atoms with van der Waals surface area (Å²) in [5.74, 6) is -1.22. The summed E-state index contributed by atoms with van der Waals surface area (Å²) in [6.45, 7) is 0. The average Bonchev–Trinajstić information content (AvgIpc) is 3.10. The van der Waals surface area contributed by atoms with Gasteiger partial charge in [0.1, 0.15) is 19.7 Å². The number of halogens is 2. The number of hydrogen-bond donors (Lipinski definition) is 0. The molecule has 137 valence electrons. The summed E-state index contributed by atoms with van der Waals surface area (Å²) < 4.78 is 28.1. The zero-order valence-corrected chi connectivity index (χ0v) is 16.2. The maximum Gasteiger partial charge on any atom is 0.420 e. The molecule has 10 heteroatoms. The van der Waals surface area contributed by atoms with Crippen LogP contribution in [0.25, 0.3) is 11.4 Å². The van der Waals surface area contributed by atoms with E-state index in [1.54, 1.807) is 7.05 Å². The third kappa shape index (κ3) is 5.46. The summed E-state index contributed by atoms with van der Waals surface area (Å²) in [7, 11) is 1.68. The van der Waals surface area contributed by atoms with Gasteiger partial charge in [0.15, 0.2) is 11.6 Å². The Morgan fingerprint density at radius 3 is 2.48 bits per heavy atom. The molecule has 3 aromatic rings. The van der Waals surface area contributed by atoms with E-state index in [1.165, 1.54) is 23.6 Å². The molecule has 0 saturated carbocycles. The molecule has 1 radical (unpaired) electrons. The number of pyridine rings is 1. The minimum Gasteiger partial charge on any atom is -0.319 e. The minimum atomic E-state index is -0.968. The van der Waals surface area contributed by atoms with Crippen LogP contribution in [-0.4, -0.2) is 48.6 Å². The molecular formula is C17H11F2IrN7. The molecule has 3 heterocycles. The van der Waals surface area contributed by atoms with Gasteiger partial charge in [0.05, 0.1) is 16.5 Å². The molecular weight excluding hydrogens is 532 g/mol. The number of rotatable bonds is 2. The van der Waals surface area contributed by atoms with Crippen molar-refractivity contribution in [3.63, 3.8) is 0 Å². The van der Waals surface area contributed by atoms with E-state index in [9.17, 15) is 8.78 Å². The van der Waals surface area contributed by atoms with Crippen LogP contribution in [0.2, 0.25) is 0 Å². The Morgan fingerprint density at radius 2 is 1.89 bits per heavy atom. The molecule has 1 aromatic carbocycles. The van der Waals surface area contributed by atoms with Crippen molar-refractivity contribution in [2.75, 3.05) is 7.05 Å². The van der Waals surface area contributed by atoms with Crippen molar-refractivity contribution in [3.8, 4) is 11.4 Å². The maximum atomic E-state index is 13.1. The number of hydrogen-bond acceptors (Lipinski definition) is 5. The zero-order valence-electron chi connectivity index (χ0n) is 13.8. The van der Waals surface area contributed by atoms with Gasteiger partial charge in [-0.25, -0.2) is 4.98 Å². The smallest absolute Gasteiger partial charge is 0.319 e. The van der Waals surface area contributed by atoms with Gasteiger partial charge in [-0.15, -0.1) is 52.6 Å². The van der Waals surface area contributed by atoms with Crippen molar-refractivity contribution in [1.82, 2.24) is 19.9 Å². The van der Waals surface area contributed by atoms with Crippen molar-refractivity contribution in [3.05, 3.63) is 67.0 Å². The number of aromatic nitrogens is 4. The molecule has 2 aromatic heterocycles. The van der Waals surface area contributed by atoms with E-state index in [-0.39, 0.29) is 25.8 Å². The topological polar surface area (TPSA) is 69.9 Å². The fraction of sp³-hybridized carbons (Fsp3) is 0.0588. The molecule has 0 amide bonds.